The lowest BCUT2D eigenvalue weighted by Gasteiger charge is -2.11. The summed E-state index contributed by atoms with van der Waals surface area (Å²) < 4.78 is 8.38. The second kappa shape index (κ2) is 5.39. The van der Waals surface area contributed by atoms with Gasteiger partial charge in [-0.3, -0.25) is 9.13 Å². The van der Waals surface area contributed by atoms with Gasteiger partial charge in [0.15, 0.2) is 6.10 Å². The van der Waals surface area contributed by atoms with Crippen LogP contribution < -0.4 is 5.69 Å². The number of carboxylic acids is 1. The average molecular weight is 254 g/mol. The van der Waals surface area contributed by atoms with Gasteiger partial charge in [-0.2, -0.15) is 0 Å². The summed E-state index contributed by atoms with van der Waals surface area (Å²) in [5, 5.41) is 8.94. The van der Waals surface area contributed by atoms with Crippen molar-refractivity contribution in [2.24, 2.45) is 0 Å². The highest BCUT2D eigenvalue weighted by Gasteiger charge is 2.26. The second-order valence-corrected chi connectivity index (χ2v) is 4.48. The van der Waals surface area contributed by atoms with Crippen molar-refractivity contribution >= 4 is 5.97 Å². The van der Waals surface area contributed by atoms with Gasteiger partial charge in [0.05, 0.1) is 0 Å². The Bertz CT molecular complexity index is 473. The van der Waals surface area contributed by atoms with Gasteiger partial charge in [-0.1, -0.05) is 0 Å². The molecule has 1 aromatic rings. The van der Waals surface area contributed by atoms with E-state index in [4.69, 9.17) is 9.84 Å². The predicted molar refractivity (Wildman–Crippen MR) is 64.6 cm³/mol. The molecule has 1 aliphatic carbocycles. The van der Waals surface area contributed by atoms with Gasteiger partial charge in [0, 0.05) is 38.0 Å². The molecule has 1 aliphatic rings. The SMILES string of the molecule is CCOC(CCn1ccn(C2CC2)c1=O)C(=O)O. The van der Waals surface area contributed by atoms with E-state index < -0.39 is 12.1 Å². The number of aliphatic carboxylic acids is 1. The molecule has 6 heteroatoms. The number of carbonyl (C=O) groups is 1. The van der Waals surface area contributed by atoms with Crippen LogP contribution in [-0.2, 0) is 16.1 Å². The minimum atomic E-state index is -0.980. The van der Waals surface area contributed by atoms with Gasteiger partial charge in [-0.05, 0) is 19.8 Å². The molecule has 0 radical (unpaired) electrons. The number of ether oxygens (including phenoxy) is 1. The number of aromatic nitrogens is 2. The van der Waals surface area contributed by atoms with Crippen LogP contribution in [0.5, 0.6) is 0 Å². The molecule has 0 amide bonds. The number of aryl methyl sites for hydroxylation is 1. The zero-order chi connectivity index (χ0) is 13.1. The molecule has 1 heterocycles. The first-order valence-electron chi connectivity index (χ1n) is 6.25. The molecule has 18 heavy (non-hydrogen) atoms. The van der Waals surface area contributed by atoms with Crippen molar-refractivity contribution in [1.82, 2.24) is 9.13 Å². The fraction of sp³-hybridized carbons (Fsp3) is 0.667. The van der Waals surface area contributed by atoms with E-state index in [0.717, 1.165) is 12.8 Å². The highest BCUT2D eigenvalue weighted by molar-refractivity contribution is 5.72. The summed E-state index contributed by atoms with van der Waals surface area (Å²) in [6, 6.07) is 0.348. The van der Waals surface area contributed by atoms with Crippen molar-refractivity contribution < 1.29 is 14.6 Å². The molecule has 100 valence electrons. The Morgan fingerprint density at radius 3 is 2.83 bits per heavy atom. The Labute approximate surface area is 105 Å². The third-order valence-electron chi connectivity index (χ3n) is 3.09. The summed E-state index contributed by atoms with van der Waals surface area (Å²) >= 11 is 0. The van der Waals surface area contributed by atoms with E-state index in [2.05, 4.69) is 0 Å². The number of rotatable bonds is 7. The van der Waals surface area contributed by atoms with E-state index in [0.29, 0.717) is 25.6 Å². The lowest BCUT2D eigenvalue weighted by Crippen LogP contribution is -2.29. The Kier molecular flexibility index (Phi) is 3.86. The quantitative estimate of drug-likeness (QED) is 0.783. The Morgan fingerprint density at radius 1 is 1.56 bits per heavy atom. The van der Waals surface area contributed by atoms with Crippen LogP contribution in [0.1, 0.15) is 32.2 Å². The standard InChI is InChI=1S/C12H18N2O4/c1-2-18-10(11(15)16)5-6-13-7-8-14(12(13)17)9-3-4-9/h7-10H,2-6H2,1H3,(H,15,16). The number of hydrogen-bond donors (Lipinski definition) is 1. The molecule has 1 N–H and O–H groups in total. The second-order valence-electron chi connectivity index (χ2n) is 4.48. The third kappa shape index (κ3) is 2.81. The molecule has 0 spiro atoms. The summed E-state index contributed by atoms with van der Waals surface area (Å²) in [6.07, 6.45) is 5.06. The molecule has 2 rings (SSSR count). The summed E-state index contributed by atoms with van der Waals surface area (Å²) in [6.45, 7) is 2.48. The van der Waals surface area contributed by atoms with Crippen molar-refractivity contribution in [3.63, 3.8) is 0 Å². The summed E-state index contributed by atoms with van der Waals surface area (Å²) in [4.78, 5) is 22.8. The maximum atomic E-state index is 11.9. The van der Waals surface area contributed by atoms with Crippen molar-refractivity contribution in [1.29, 1.82) is 0 Å². The fourth-order valence-electron chi connectivity index (χ4n) is 1.96. The zero-order valence-corrected chi connectivity index (χ0v) is 10.4. The highest BCUT2D eigenvalue weighted by atomic mass is 16.5. The maximum absolute atomic E-state index is 11.9. The number of nitrogens with zero attached hydrogens (tertiary/aromatic N) is 2. The van der Waals surface area contributed by atoms with Gasteiger partial charge >= 0.3 is 11.7 Å². The predicted octanol–water partition coefficient (Wildman–Crippen LogP) is 0.864. The fourth-order valence-corrected chi connectivity index (χ4v) is 1.96. The Hall–Kier alpha value is -1.56. The Balaban J connectivity index is 1.96. The zero-order valence-electron chi connectivity index (χ0n) is 10.4. The van der Waals surface area contributed by atoms with E-state index in [1.54, 1.807) is 28.5 Å². The number of imidazole rings is 1. The van der Waals surface area contributed by atoms with Gasteiger partial charge < -0.3 is 9.84 Å². The summed E-state index contributed by atoms with van der Waals surface area (Å²) in [5.74, 6) is -0.980. The first-order valence-corrected chi connectivity index (χ1v) is 6.25. The van der Waals surface area contributed by atoms with E-state index >= 15 is 0 Å². The van der Waals surface area contributed by atoms with E-state index in [-0.39, 0.29) is 5.69 Å². The first kappa shape index (κ1) is 12.9. The lowest BCUT2D eigenvalue weighted by atomic mass is 10.2. The molecular formula is C12H18N2O4. The van der Waals surface area contributed by atoms with Gasteiger partial charge in [-0.25, -0.2) is 9.59 Å². The van der Waals surface area contributed by atoms with Crippen LogP contribution in [0.3, 0.4) is 0 Å². The van der Waals surface area contributed by atoms with Crippen LogP contribution in [0.4, 0.5) is 0 Å². The van der Waals surface area contributed by atoms with Gasteiger partial charge in [0.2, 0.25) is 0 Å². The molecule has 6 nitrogen and oxygen atoms in total. The first-order chi connectivity index (χ1) is 8.63. The number of carboxylic acid groups (broad SMARTS) is 1. The van der Waals surface area contributed by atoms with Crippen molar-refractivity contribution in [2.75, 3.05) is 6.61 Å². The van der Waals surface area contributed by atoms with Crippen LogP contribution in [0.2, 0.25) is 0 Å². The molecule has 0 aromatic carbocycles. The third-order valence-corrected chi connectivity index (χ3v) is 3.09. The smallest absolute Gasteiger partial charge is 0.332 e. The topological polar surface area (TPSA) is 73.5 Å². The molecule has 1 atom stereocenters. The molecule has 1 unspecified atom stereocenters. The van der Waals surface area contributed by atoms with E-state index in [1.807, 2.05) is 0 Å². The largest absolute Gasteiger partial charge is 0.479 e. The molecule has 0 saturated heterocycles. The minimum absolute atomic E-state index is 0.0573. The minimum Gasteiger partial charge on any atom is -0.479 e. The van der Waals surface area contributed by atoms with Crippen molar-refractivity contribution in [2.45, 2.75) is 44.9 Å². The average Bonchev–Trinajstić information content (AvgIpc) is 3.10. The van der Waals surface area contributed by atoms with Crippen LogP contribution in [-0.4, -0.2) is 32.9 Å². The van der Waals surface area contributed by atoms with Gasteiger partial charge in [-0.15, -0.1) is 0 Å². The van der Waals surface area contributed by atoms with Crippen LogP contribution in [0.15, 0.2) is 17.2 Å². The van der Waals surface area contributed by atoms with Gasteiger partial charge in [0.1, 0.15) is 0 Å². The van der Waals surface area contributed by atoms with Crippen LogP contribution in [0.25, 0.3) is 0 Å². The van der Waals surface area contributed by atoms with Crippen LogP contribution in [0, 0.1) is 0 Å². The molecule has 1 saturated carbocycles. The normalized spacial score (nSPS) is 16.7. The molecule has 1 aromatic heterocycles. The molecule has 0 aliphatic heterocycles. The van der Waals surface area contributed by atoms with Gasteiger partial charge in [0.25, 0.3) is 0 Å². The molecular weight excluding hydrogens is 236 g/mol. The highest BCUT2D eigenvalue weighted by Crippen LogP contribution is 2.33. The molecule has 1 fully saturated rings. The number of hydrogen-bond acceptors (Lipinski definition) is 3. The summed E-state index contributed by atoms with van der Waals surface area (Å²) in [7, 11) is 0. The molecule has 0 bridgehead atoms. The van der Waals surface area contributed by atoms with Crippen molar-refractivity contribution in [3.8, 4) is 0 Å². The monoisotopic (exact) mass is 254 g/mol. The van der Waals surface area contributed by atoms with E-state index in [9.17, 15) is 9.59 Å². The lowest BCUT2D eigenvalue weighted by molar-refractivity contribution is -0.150. The van der Waals surface area contributed by atoms with E-state index in [1.165, 1.54) is 0 Å². The Morgan fingerprint density at radius 2 is 2.28 bits per heavy atom. The van der Waals surface area contributed by atoms with Crippen molar-refractivity contribution in [3.05, 3.63) is 22.9 Å². The summed E-state index contributed by atoms with van der Waals surface area (Å²) in [5.41, 5.74) is -0.0573. The maximum Gasteiger partial charge on any atom is 0.332 e. The van der Waals surface area contributed by atoms with Crippen LogP contribution >= 0.6 is 0 Å².